The Morgan fingerprint density at radius 1 is 1.26 bits per heavy atom. The Hall–Kier alpha value is -1.63. The first-order chi connectivity index (χ1) is 12.8. The van der Waals surface area contributed by atoms with Crippen molar-refractivity contribution in [2.75, 3.05) is 26.9 Å². The minimum Gasteiger partial charge on any atom is -0.467 e. The number of ether oxygens (including phenoxy) is 2. The van der Waals surface area contributed by atoms with Crippen molar-refractivity contribution in [3.05, 3.63) is 0 Å². The van der Waals surface area contributed by atoms with Crippen LogP contribution in [-0.4, -0.2) is 61.6 Å². The molecule has 0 radical (unpaired) electrons. The van der Waals surface area contributed by atoms with Crippen molar-refractivity contribution >= 4 is 17.8 Å². The molecule has 7 nitrogen and oxygen atoms in total. The molecule has 2 heterocycles. The smallest absolute Gasteiger partial charge is 0.328 e. The number of fused-ring (bicyclic) bond motifs is 1. The minimum absolute atomic E-state index is 0.0616. The van der Waals surface area contributed by atoms with Gasteiger partial charge < -0.3 is 19.7 Å². The molecule has 2 saturated heterocycles. The number of esters is 1. The number of carbonyl (C=O) groups is 3. The van der Waals surface area contributed by atoms with E-state index in [4.69, 9.17) is 9.47 Å². The largest absolute Gasteiger partial charge is 0.467 e. The molecule has 0 aromatic heterocycles. The number of piperidine rings is 1. The van der Waals surface area contributed by atoms with Crippen LogP contribution in [0.1, 0.15) is 39.5 Å². The summed E-state index contributed by atoms with van der Waals surface area (Å²) in [6, 6.07) is -1.09. The van der Waals surface area contributed by atoms with E-state index < -0.39 is 12.1 Å². The van der Waals surface area contributed by atoms with Crippen LogP contribution < -0.4 is 5.32 Å². The molecule has 7 heteroatoms. The van der Waals surface area contributed by atoms with E-state index in [0.717, 1.165) is 12.8 Å². The molecule has 5 atom stereocenters. The maximum atomic E-state index is 13.3. The summed E-state index contributed by atoms with van der Waals surface area (Å²) in [4.78, 5) is 40.0. The molecule has 2 aliphatic carbocycles. The van der Waals surface area contributed by atoms with Crippen molar-refractivity contribution in [2.45, 2.75) is 51.6 Å². The van der Waals surface area contributed by atoms with Gasteiger partial charge in [-0.15, -0.1) is 0 Å². The highest BCUT2D eigenvalue weighted by Crippen LogP contribution is 2.65. The van der Waals surface area contributed by atoms with Gasteiger partial charge >= 0.3 is 5.97 Å². The highest BCUT2D eigenvalue weighted by Gasteiger charge is 2.70. The number of nitrogens with one attached hydrogen (secondary N) is 1. The fourth-order valence-electron chi connectivity index (χ4n) is 5.04. The zero-order valence-corrected chi connectivity index (χ0v) is 16.4. The predicted molar refractivity (Wildman–Crippen MR) is 96.5 cm³/mol. The van der Waals surface area contributed by atoms with E-state index in [-0.39, 0.29) is 35.0 Å². The summed E-state index contributed by atoms with van der Waals surface area (Å²) < 4.78 is 10.3. The maximum Gasteiger partial charge on any atom is 0.328 e. The lowest BCUT2D eigenvalue weighted by Crippen LogP contribution is -2.55. The molecule has 0 bridgehead atoms. The molecule has 4 rings (SSSR count). The number of methoxy groups -OCH3 is 1. The van der Waals surface area contributed by atoms with E-state index in [1.165, 1.54) is 7.11 Å². The lowest BCUT2D eigenvalue weighted by molar-refractivity contribution is -0.154. The average Bonchev–Trinajstić information content (AvgIpc) is 3.35. The topological polar surface area (TPSA) is 84.9 Å². The Kier molecular flexibility index (Phi) is 4.69. The SMILES string of the molecule is COC(=O)[C@@H]1[C@@H]2[C@H](CN1C(=O)[C@H](CC1CC1)NC(=O)[C@@H]1CCOC1)C2(C)C. The van der Waals surface area contributed by atoms with Crippen LogP contribution in [0.15, 0.2) is 0 Å². The third-order valence-electron chi connectivity index (χ3n) is 7.12. The van der Waals surface area contributed by atoms with Crippen LogP contribution in [0.25, 0.3) is 0 Å². The molecule has 4 aliphatic rings. The van der Waals surface area contributed by atoms with Gasteiger partial charge in [-0.05, 0) is 30.1 Å². The van der Waals surface area contributed by atoms with E-state index in [9.17, 15) is 14.4 Å². The monoisotopic (exact) mass is 378 g/mol. The number of amides is 2. The van der Waals surface area contributed by atoms with Crippen LogP contribution >= 0.6 is 0 Å². The molecule has 2 amide bonds. The molecule has 1 N–H and O–H groups in total. The summed E-state index contributed by atoms with van der Waals surface area (Å²) in [5.41, 5.74) is 0.0616. The van der Waals surface area contributed by atoms with Crippen molar-refractivity contribution in [3.63, 3.8) is 0 Å². The third-order valence-corrected chi connectivity index (χ3v) is 7.12. The fraction of sp³-hybridized carbons (Fsp3) is 0.850. The summed E-state index contributed by atoms with van der Waals surface area (Å²) in [7, 11) is 1.37. The van der Waals surface area contributed by atoms with Gasteiger partial charge in [0.25, 0.3) is 0 Å². The zero-order chi connectivity index (χ0) is 19.3. The van der Waals surface area contributed by atoms with Gasteiger partial charge in [-0.3, -0.25) is 9.59 Å². The van der Waals surface area contributed by atoms with Crippen LogP contribution in [0.4, 0.5) is 0 Å². The summed E-state index contributed by atoms with van der Waals surface area (Å²) in [5.74, 6) is 0.201. The molecular formula is C20H30N2O5. The minimum atomic E-state index is -0.557. The van der Waals surface area contributed by atoms with E-state index in [2.05, 4.69) is 19.2 Å². The third kappa shape index (κ3) is 3.35. The van der Waals surface area contributed by atoms with Gasteiger partial charge in [0.05, 0.1) is 19.6 Å². The summed E-state index contributed by atoms with van der Waals surface area (Å²) in [6.07, 6.45) is 3.56. The van der Waals surface area contributed by atoms with Gasteiger partial charge in [0.2, 0.25) is 11.8 Å². The Morgan fingerprint density at radius 2 is 2.00 bits per heavy atom. The first-order valence-electron chi connectivity index (χ1n) is 10.1. The second kappa shape index (κ2) is 6.76. The quantitative estimate of drug-likeness (QED) is 0.696. The van der Waals surface area contributed by atoms with Crippen molar-refractivity contribution in [3.8, 4) is 0 Å². The van der Waals surface area contributed by atoms with E-state index >= 15 is 0 Å². The first-order valence-corrected chi connectivity index (χ1v) is 10.1. The summed E-state index contributed by atoms with van der Waals surface area (Å²) in [5, 5.41) is 2.97. The van der Waals surface area contributed by atoms with Crippen LogP contribution in [0.2, 0.25) is 0 Å². The Balaban J connectivity index is 1.48. The van der Waals surface area contributed by atoms with Crippen molar-refractivity contribution in [1.82, 2.24) is 10.2 Å². The second-order valence-corrected chi connectivity index (χ2v) is 9.21. The van der Waals surface area contributed by atoms with E-state index in [0.29, 0.717) is 44.4 Å². The van der Waals surface area contributed by atoms with Crippen molar-refractivity contribution < 1.29 is 23.9 Å². The Morgan fingerprint density at radius 3 is 2.59 bits per heavy atom. The van der Waals surface area contributed by atoms with E-state index in [1.807, 2.05) is 0 Å². The van der Waals surface area contributed by atoms with Gasteiger partial charge in [0.15, 0.2) is 0 Å². The molecule has 27 heavy (non-hydrogen) atoms. The highest BCUT2D eigenvalue weighted by atomic mass is 16.5. The number of carbonyl (C=O) groups excluding carboxylic acids is 3. The Bertz CT molecular complexity index is 638. The average molecular weight is 378 g/mol. The van der Waals surface area contributed by atoms with Gasteiger partial charge in [0, 0.05) is 19.1 Å². The number of nitrogens with zero attached hydrogens (tertiary/aromatic N) is 1. The van der Waals surface area contributed by atoms with E-state index in [1.54, 1.807) is 4.90 Å². The number of hydrogen-bond donors (Lipinski definition) is 1. The van der Waals surface area contributed by atoms with Crippen LogP contribution in [0.3, 0.4) is 0 Å². The van der Waals surface area contributed by atoms with Crippen LogP contribution in [0.5, 0.6) is 0 Å². The second-order valence-electron chi connectivity index (χ2n) is 9.21. The predicted octanol–water partition coefficient (Wildman–Crippen LogP) is 0.964. The van der Waals surface area contributed by atoms with Gasteiger partial charge in [-0.25, -0.2) is 4.79 Å². The number of hydrogen-bond acceptors (Lipinski definition) is 5. The maximum absolute atomic E-state index is 13.3. The fourth-order valence-corrected chi connectivity index (χ4v) is 5.04. The van der Waals surface area contributed by atoms with Crippen molar-refractivity contribution in [1.29, 1.82) is 0 Å². The zero-order valence-electron chi connectivity index (χ0n) is 16.4. The molecule has 2 aliphatic heterocycles. The lowest BCUT2D eigenvalue weighted by Gasteiger charge is -2.32. The number of rotatable bonds is 6. The summed E-state index contributed by atoms with van der Waals surface area (Å²) >= 11 is 0. The molecule has 0 aromatic carbocycles. The molecule has 150 valence electrons. The molecular weight excluding hydrogens is 348 g/mol. The lowest BCUT2D eigenvalue weighted by atomic mass is 9.99. The Labute approximate surface area is 160 Å². The standard InChI is InChI=1S/C20H30N2O5/c1-20(2)13-9-22(16(15(13)20)19(25)26-3)18(24)14(8-11-4-5-11)21-17(23)12-6-7-27-10-12/h11-16H,4-10H2,1-3H3,(H,21,23)/t12-,13+,14+,15+,16+/m1/s1. The molecule has 0 unspecified atom stereocenters. The number of likely N-dealkylation sites (tertiary alicyclic amines) is 1. The van der Waals surface area contributed by atoms with Gasteiger partial charge in [-0.2, -0.15) is 0 Å². The first kappa shape index (κ1) is 18.7. The van der Waals surface area contributed by atoms with Crippen LogP contribution in [0, 0.1) is 29.1 Å². The molecule has 4 fully saturated rings. The van der Waals surface area contributed by atoms with Gasteiger partial charge in [-0.1, -0.05) is 26.7 Å². The van der Waals surface area contributed by atoms with Crippen LogP contribution in [-0.2, 0) is 23.9 Å². The molecule has 0 aromatic rings. The van der Waals surface area contributed by atoms with Crippen molar-refractivity contribution in [2.24, 2.45) is 29.1 Å². The van der Waals surface area contributed by atoms with Gasteiger partial charge in [0.1, 0.15) is 12.1 Å². The highest BCUT2D eigenvalue weighted by molar-refractivity contribution is 5.92. The molecule has 2 saturated carbocycles. The molecule has 0 spiro atoms. The normalized spacial score (nSPS) is 34.7. The summed E-state index contributed by atoms with van der Waals surface area (Å²) in [6.45, 7) is 5.87.